The molecule has 0 atom stereocenters. The van der Waals surface area contributed by atoms with Gasteiger partial charge in [0.2, 0.25) is 0 Å². The molecule has 110 valence electrons. The Bertz CT molecular complexity index is 284. The van der Waals surface area contributed by atoms with Gasteiger partial charge in [0.1, 0.15) is 5.57 Å². The van der Waals surface area contributed by atoms with Crippen LogP contribution in [0.25, 0.3) is 0 Å². The molecule has 0 saturated heterocycles. The monoisotopic (exact) mass is 274 g/mol. The molecule has 0 aliphatic rings. The van der Waals surface area contributed by atoms with Gasteiger partial charge in [0.15, 0.2) is 6.29 Å². The van der Waals surface area contributed by atoms with Crippen molar-refractivity contribution in [1.82, 2.24) is 0 Å². The summed E-state index contributed by atoms with van der Waals surface area (Å²) < 4.78 is 20.1. The van der Waals surface area contributed by atoms with Gasteiger partial charge in [-0.2, -0.15) is 0 Å². The molecule has 0 aromatic rings. The highest BCUT2D eigenvalue weighted by Crippen LogP contribution is 2.08. The predicted octanol–water partition coefficient (Wildman–Crippen LogP) is 1.44. The van der Waals surface area contributed by atoms with Crippen molar-refractivity contribution in [2.75, 3.05) is 26.4 Å². The van der Waals surface area contributed by atoms with E-state index in [4.69, 9.17) is 18.9 Å². The van der Waals surface area contributed by atoms with Crippen LogP contribution in [0, 0.1) is 0 Å². The standard InChI is InChI=1S/C13H22O6/c1-5-16-11(17-6-2)9-10(12(14)18-7-3)13(15)19-8-4/h9,11H,5-8H2,1-4H3. The van der Waals surface area contributed by atoms with Crippen LogP contribution in [0.4, 0.5) is 0 Å². The number of hydrogen-bond acceptors (Lipinski definition) is 6. The number of carbonyl (C=O) groups excluding carboxylic acids is 2. The third-order valence-electron chi connectivity index (χ3n) is 1.96. The van der Waals surface area contributed by atoms with Crippen LogP contribution in [0.3, 0.4) is 0 Å². The summed E-state index contributed by atoms with van der Waals surface area (Å²) in [6.45, 7) is 8.00. The molecule has 0 unspecified atom stereocenters. The average molecular weight is 274 g/mol. The number of ether oxygens (including phenoxy) is 4. The van der Waals surface area contributed by atoms with E-state index >= 15 is 0 Å². The summed E-state index contributed by atoms with van der Waals surface area (Å²) in [4.78, 5) is 23.4. The lowest BCUT2D eigenvalue weighted by molar-refractivity contribution is -0.147. The molecule has 0 amide bonds. The second-order valence-corrected chi connectivity index (χ2v) is 3.30. The van der Waals surface area contributed by atoms with Crippen molar-refractivity contribution in [3.05, 3.63) is 11.6 Å². The fourth-order valence-electron chi connectivity index (χ4n) is 1.25. The lowest BCUT2D eigenvalue weighted by Crippen LogP contribution is -2.23. The molecule has 0 rings (SSSR count). The molecule has 0 spiro atoms. The smallest absolute Gasteiger partial charge is 0.345 e. The minimum absolute atomic E-state index is 0.170. The molecule has 0 saturated carbocycles. The second-order valence-electron chi connectivity index (χ2n) is 3.30. The Morgan fingerprint density at radius 3 is 1.58 bits per heavy atom. The molecule has 0 radical (unpaired) electrons. The molecule has 0 fully saturated rings. The van der Waals surface area contributed by atoms with Crippen LogP contribution in [0.1, 0.15) is 27.7 Å². The van der Waals surface area contributed by atoms with Gasteiger partial charge in [-0.3, -0.25) is 0 Å². The van der Waals surface area contributed by atoms with Crippen molar-refractivity contribution in [2.45, 2.75) is 34.0 Å². The van der Waals surface area contributed by atoms with Gasteiger partial charge in [0.05, 0.1) is 13.2 Å². The van der Waals surface area contributed by atoms with E-state index in [-0.39, 0.29) is 18.8 Å². The number of hydrogen-bond donors (Lipinski definition) is 0. The fraction of sp³-hybridized carbons (Fsp3) is 0.692. The zero-order valence-electron chi connectivity index (χ0n) is 11.9. The summed E-state index contributed by atoms with van der Waals surface area (Å²) in [6.07, 6.45) is 0.502. The van der Waals surface area contributed by atoms with Gasteiger partial charge in [-0.15, -0.1) is 0 Å². The van der Waals surface area contributed by atoms with Crippen LogP contribution in [0.2, 0.25) is 0 Å². The fourth-order valence-corrected chi connectivity index (χ4v) is 1.25. The normalized spacial score (nSPS) is 10.2. The van der Waals surface area contributed by atoms with Crippen LogP contribution in [-0.4, -0.2) is 44.7 Å². The molecule has 0 aromatic carbocycles. The molecule has 0 heterocycles. The highest BCUT2D eigenvalue weighted by atomic mass is 16.7. The van der Waals surface area contributed by atoms with E-state index < -0.39 is 18.2 Å². The highest BCUT2D eigenvalue weighted by molar-refractivity contribution is 6.14. The maximum absolute atomic E-state index is 11.7. The molecule has 6 heteroatoms. The Balaban J connectivity index is 5.05. The van der Waals surface area contributed by atoms with Crippen LogP contribution in [0.5, 0.6) is 0 Å². The quantitative estimate of drug-likeness (QED) is 0.208. The summed E-state index contributed by atoms with van der Waals surface area (Å²) in [5.41, 5.74) is -0.212. The van der Waals surface area contributed by atoms with E-state index in [1.807, 2.05) is 0 Å². The number of esters is 2. The van der Waals surface area contributed by atoms with Gasteiger partial charge in [0.25, 0.3) is 0 Å². The Kier molecular flexibility index (Phi) is 9.74. The zero-order chi connectivity index (χ0) is 14.7. The zero-order valence-corrected chi connectivity index (χ0v) is 11.9. The molecule has 0 aromatic heterocycles. The molecule has 0 bridgehead atoms. The molecule has 0 aliphatic carbocycles. The number of rotatable bonds is 9. The minimum atomic E-state index is -0.779. The second kappa shape index (κ2) is 10.5. The molecule has 0 aliphatic heterocycles. The van der Waals surface area contributed by atoms with Gasteiger partial charge in [0, 0.05) is 13.2 Å². The molecule has 6 nitrogen and oxygen atoms in total. The van der Waals surface area contributed by atoms with Crippen LogP contribution >= 0.6 is 0 Å². The number of carbonyl (C=O) groups is 2. The summed E-state index contributed by atoms with van der Waals surface area (Å²) in [6, 6.07) is 0. The van der Waals surface area contributed by atoms with Crippen LogP contribution in [-0.2, 0) is 28.5 Å². The SMILES string of the molecule is CCOC(=O)C(=CC(OCC)OCC)C(=O)OCC. The first-order valence-corrected chi connectivity index (χ1v) is 6.39. The van der Waals surface area contributed by atoms with E-state index in [1.165, 1.54) is 6.08 Å². The average Bonchev–Trinajstić information content (AvgIpc) is 2.36. The van der Waals surface area contributed by atoms with E-state index in [9.17, 15) is 9.59 Å². The summed E-state index contributed by atoms with van der Waals surface area (Å²) in [5, 5.41) is 0. The first-order chi connectivity index (χ1) is 9.10. The summed E-state index contributed by atoms with van der Waals surface area (Å²) in [7, 11) is 0. The van der Waals surface area contributed by atoms with Crippen LogP contribution < -0.4 is 0 Å². The minimum Gasteiger partial charge on any atom is -0.462 e. The lowest BCUT2D eigenvalue weighted by atomic mass is 10.2. The third kappa shape index (κ3) is 6.93. The molecule has 0 N–H and O–H groups in total. The third-order valence-corrected chi connectivity index (χ3v) is 1.96. The Hall–Kier alpha value is -1.40. The first kappa shape index (κ1) is 17.6. The lowest BCUT2D eigenvalue weighted by Gasteiger charge is -2.14. The molecular formula is C13H22O6. The Morgan fingerprint density at radius 2 is 1.26 bits per heavy atom. The van der Waals surface area contributed by atoms with E-state index in [1.54, 1.807) is 27.7 Å². The molecular weight excluding hydrogens is 252 g/mol. The molecule has 19 heavy (non-hydrogen) atoms. The van der Waals surface area contributed by atoms with E-state index in [0.29, 0.717) is 13.2 Å². The summed E-state index contributed by atoms with van der Waals surface area (Å²) in [5.74, 6) is -1.49. The van der Waals surface area contributed by atoms with Gasteiger partial charge in [-0.1, -0.05) is 0 Å². The van der Waals surface area contributed by atoms with Gasteiger partial charge >= 0.3 is 11.9 Å². The predicted molar refractivity (Wildman–Crippen MR) is 68.4 cm³/mol. The van der Waals surface area contributed by atoms with Crippen LogP contribution in [0.15, 0.2) is 11.6 Å². The van der Waals surface area contributed by atoms with Crippen molar-refractivity contribution in [3.63, 3.8) is 0 Å². The topological polar surface area (TPSA) is 71.1 Å². The Labute approximate surface area is 113 Å². The van der Waals surface area contributed by atoms with Crippen molar-refractivity contribution in [3.8, 4) is 0 Å². The largest absolute Gasteiger partial charge is 0.462 e. The van der Waals surface area contributed by atoms with Crippen molar-refractivity contribution >= 4 is 11.9 Å². The maximum Gasteiger partial charge on any atom is 0.345 e. The van der Waals surface area contributed by atoms with Gasteiger partial charge in [-0.05, 0) is 33.8 Å². The van der Waals surface area contributed by atoms with E-state index in [0.717, 1.165) is 0 Å². The Morgan fingerprint density at radius 1 is 0.842 bits per heavy atom. The maximum atomic E-state index is 11.7. The van der Waals surface area contributed by atoms with E-state index in [2.05, 4.69) is 0 Å². The van der Waals surface area contributed by atoms with Crippen molar-refractivity contribution in [1.29, 1.82) is 0 Å². The van der Waals surface area contributed by atoms with Gasteiger partial charge in [-0.25, -0.2) is 9.59 Å². The summed E-state index contributed by atoms with van der Waals surface area (Å²) >= 11 is 0. The van der Waals surface area contributed by atoms with Crippen molar-refractivity contribution < 1.29 is 28.5 Å². The highest BCUT2D eigenvalue weighted by Gasteiger charge is 2.23. The van der Waals surface area contributed by atoms with Crippen molar-refractivity contribution in [2.24, 2.45) is 0 Å². The van der Waals surface area contributed by atoms with Gasteiger partial charge < -0.3 is 18.9 Å². The first-order valence-electron chi connectivity index (χ1n) is 6.39.